The third kappa shape index (κ3) is 4.84. The minimum atomic E-state index is -0.0930. The maximum Gasteiger partial charge on any atom is 0.315 e. The van der Waals surface area contributed by atoms with Crippen LogP contribution in [-0.4, -0.2) is 30.3 Å². The molecule has 1 fully saturated rings. The van der Waals surface area contributed by atoms with E-state index in [0.29, 0.717) is 17.8 Å². The fourth-order valence-electron chi connectivity index (χ4n) is 2.42. The zero-order valence-corrected chi connectivity index (χ0v) is 12.0. The number of rotatable bonds is 8. The molecule has 0 aromatic carbocycles. The summed E-state index contributed by atoms with van der Waals surface area (Å²) in [5.74, 6) is 0.341. The van der Waals surface area contributed by atoms with E-state index >= 15 is 0 Å². The molecule has 4 nitrogen and oxygen atoms in total. The van der Waals surface area contributed by atoms with Gasteiger partial charge in [0.15, 0.2) is 0 Å². The Kier molecular flexibility index (Phi) is 5.93. The molecule has 0 radical (unpaired) electrons. The van der Waals surface area contributed by atoms with E-state index in [2.05, 4.69) is 31.4 Å². The Hall–Kier alpha value is -0.770. The predicted octanol–water partition coefficient (Wildman–Crippen LogP) is 2.27. The molecule has 0 saturated heterocycles. The van der Waals surface area contributed by atoms with Crippen molar-refractivity contribution in [1.29, 1.82) is 0 Å². The molecule has 1 rings (SSSR count). The lowest BCUT2D eigenvalue weighted by Gasteiger charge is -2.23. The van der Waals surface area contributed by atoms with Gasteiger partial charge in [0.2, 0.25) is 0 Å². The highest BCUT2D eigenvalue weighted by Crippen LogP contribution is 2.48. The Morgan fingerprint density at radius 2 is 2.06 bits per heavy atom. The lowest BCUT2D eigenvalue weighted by Crippen LogP contribution is -2.46. The van der Waals surface area contributed by atoms with Gasteiger partial charge in [0, 0.05) is 19.2 Å². The number of hydrogen-bond donors (Lipinski definition) is 3. The number of carbonyl (C=O) groups is 1. The molecule has 0 heterocycles. The summed E-state index contributed by atoms with van der Waals surface area (Å²) in [7, 11) is 0. The van der Waals surface area contributed by atoms with Crippen molar-refractivity contribution >= 4 is 6.03 Å². The van der Waals surface area contributed by atoms with Gasteiger partial charge in [-0.2, -0.15) is 0 Å². The van der Waals surface area contributed by atoms with Crippen LogP contribution in [0.25, 0.3) is 0 Å². The second kappa shape index (κ2) is 6.98. The van der Waals surface area contributed by atoms with Crippen molar-refractivity contribution in [1.82, 2.24) is 10.6 Å². The van der Waals surface area contributed by atoms with Crippen molar-refractivity contribution < 1.29 is 9.90 Å². The monoisotopic (exact) mass is 256 g/mol. The van der Waals surface area contributed by atoms with E-state index in [-0.39, 0.29) is 18.7 Å². The van der Waals surface area contributed by atoms with E-state index in [4.69, 9.17) is 5.11 Å². The lowest BCUT2D eigenvalue weighted by atomic mass is 10.0. The average molecular weight is 256 g/mol. The molecule has 4 heteroatoms. The predicted molar refractivity (Wildman–Crippen MR) is 73.4 cm³/mol. The molecule has 106 valence electrons. The van der Waals surface area contributed by atoms with Gasteiger partial charge in [-0.25, -0.2) is 4.79 Å². The van der Waals surface area contributed by atoms with Gasteiger partial charge in [0.1, 0.15) is 0 Å². The first-order valence-electron chi connectivity index (χ1n) is 7.18. The summed E-state index contributed by atoms with van der Waals surface area (Å²) in [4.78, 5) is 11.8. The fraction of sp³-hybridized carbons (Fsp3) is 0.929. The standard InChI is InChI=1S/C14H28N2O2/c1-4-6-14(7-8-14)10-15-13(18)16-12(5-9-17)11(2)3/h11-12,17H,4-10H2,1-3H3,(H2,15,16,18). The summed E-state index contributed by atoms with van der Waals surface area (Å²) in [5, 5.41) is 14.9. The van der Waals surface area contributed by atoms with E-state index in [9.17, 15) is 4.79 Å². The van der Waals surface area contributed by atoms with Crippen molar-refractivity contribution in [2.75, 3.05) is 13.2 Å². The molecule has 1 atom stereocenters. The first-order chi connectivity index (χ1) is 8.53. The zero-order valence-electron chi connectivity index (χ0n) is 12.0. The molecule has 0 bridgehead atoms. The Balaban J connectivity index is 2.28. The molecule has 0 spiro atoms. The van der Waals surface area contributed by atoms with Crippen molar-refractivity contribution in [3.8, 4) is 0 Å². The average Bonchev–Trinajstić information content (AvgIpc) is 3.07. The molecule has 0 aromatic rings. The fourth-order valence-corrected chi connectivity index (χ4v) is 2.42. The molecule has 3 N–H and O–H groups in total. The number of aliphatic hydroxyl groups excluding tert-OH is 1. The van der Waals surface area contributed by atoms with E-state index in [1.54, 1.807) is 0 Å². The number of nitrogens with one attached hydrogen (secondary N) is 2. The lowest BCUT2D eigenvalue weighted by molar-refractivity contribution is 0.216. The summed E-state index contributed by atoms with van der Waals surface area (Å²) in [6, 6.07) is -0.0409. The number of amides is 2. The molecule has 1 aliphatic rings. The third-order valence-electron chi connectivity index (χ3n) is 3.92. The van der Waals surface area contributed by atoms with Crippen LogP contribution in [-0.2, 0) is 0 Å². The molecule has 1 saturated carbocycles. The third-order valence-corrected chi connectivity index (χ3v) is 3.92. The zero-order chi connectivity index (χ0) is 13.6. The summed E-state index contributed by atoms with van der Waals surface area (Å²) < 4.78 is 0. The van der Waals surface area contributed by atoms with Gasteiger partial charge in [-0.15, -0.1) is 0 Å². The van der Waals surface area contributed by atoms with Gasteiger partial charge >= 0.3 is 6.03 Å². The Morgan fingerprint density at radius 1 is 1.39 bits per heavy atom. The molecule has 2 amide bonds. The SMILES string of the molecule is CCCC1(CNC(=O)NC(CCO)C(C)C)CC1. The van der Waals surface area contributed by atoms with Gasteiger partial charge in [0.05, 0.1) is 0 Å². The van der Waals surface area contributed by atoms with Crippen LogP contribution in [0.3, 0.4) is 0 Å². The molecular formula is C14H28N2O2. The van der Waals surface area contributed by atoms with Crippen LogP contribution < -0.4 is 10.6 Å². The van der Waals surface area contributed by atoms with Crippen LogP contribution in [0.15, 0.2) is 0 Å². The van der Waals surface area contributed by atoms with Crippen molar-refractivity contribution in [3.63, 3.8) is 0 Å². The molecule has 1 aliphatic carbocycles. The largest absolute Gasteiger partial charge is 0.396 e. The molecule has 18 heavy (non-hydrogen) atoms. The van der Waals surface area contributed by atoms with Crippen molar-refractivity contribution in [3.05, 3.63) is 0 Å². The summed E-state index contributed by atoms with van der Waals surface area (Å²) in [6.45, 7) is 7.20. The minimum Gasteiger partial charge on any atom is -0.396 e. The first kappa shape index (κ1) is 15.3. The molecule has 0 aliphatic heterocycles. The highest BCUT2D eigenvalue weighted by molar-refractivity contribution is 5.74. The Bertz CT molecular complexity index is 263. The van der Waals surface area contributed by atoms with E-state index in [1.807, 2.05) is 0 Å². The molecule has 0 aromatic heterocycles. The van der Waals surface area contributed by atoms with Gasteiger partial charge in [-0.3, -0.25) is 0 Å². The summed E-state index contributed by atoms with van der Waals surface area (Å²) in [5.41, 5.74) is 0.385. The van der Waals surface area contributed by atoms with Gasteiger partial charge in [-0.05, 0) is 37.0 Å². The summed E-state index contributed by atoms with van der Waals surface area (Å²) in [6.07, 6.45) is 5.49. The topological polar surface area (TPSA) is 61.4 Å². The molecular weight excluding hydrogens is 228 g/mol. The number of aliphatic hydroxyl groups is 1. The van der Waals surface area contributed by atoms with Crippen LogP contribution in [0, 0.1) is 11.3 Å². The minimum absolute atomic E-state index is 0.0522. The smallest absolute Gasteiger partial charge is 0.315 e. The van der Waals surface area contributed by atoms with Gasteiger partial charge in [-0.1, -0.05) is 27.2 Å². The maximum atomic E-state index is 11.8. The van der Waals surface area contributed by atoms with Crippen LogP contribution in [0.5, 0.6) is 0 Å². The van der Waals surface area contributed by atoms with Crippen molar-refractivity contribution in [2.45, 2.75) is 58.9 Å². The number of carbonyl (C=O) groups excluding carboxylic acids is 1. The normalized spacial score (nSPS) is 18.5. The van der Waals surface area contributed by atoms with Crippen LogP contribution >= 0.6 is 0 Å². The second-order valence-electron chi connectivity index (χ2n) is 5.94. The number of urea groups is 1. The highest BCUT2D eigenvalue weighted by atomic mass is 16.3. The first-order valence-corrected chi connectivity index (χ1v) is 7.18. The number of hydrogen-bond acceptors (Lipinski definition) is 2. The van der Waals surface area contributed by atoms with Crippen LogP contribution in [0.4, 0.5) is 4.79 Å². The van der Waals surface area contributed by atoms with Crippen LogP contribution in [0.2, 0.25) is 0 Å². The van der Waals surface area contributed by atoms with Gasteiger partial charge < -0.3 is 15.7 Å². The van der Waals surface area contributed by atoms with Crippen molar-refractivity contribution in [2.24, 2.45) is 11.3 Å². The Labute approximate surface area is 111 Å². The highest BCUT2D eigenvalue weighted by Gasteiger charge is 2.41. The van der Waals surface area contributed by atoms with E-state index in [1.165, 1.54) is 25.7 Å². The maximum absolute atomic E-state index is 11.8. The van der Waals surface area contributed by atoms with Crippen LogP contribution in [0.1, 0.15) is 52.9 Å². The Morgan fingerprint density at radius 3 is 2.50 bits per heavy atom. The van der Waals surface area contributed by atoms with Gasteiger partial charge in [0.25, 0.3) is 0 Å². The quantitative estimate of drug-likeness (QED) is 0.624. The second-order valence-corrected chi connectivity index (χ2v) is 5.94. The summed E-state index contributed by atoms with van der Waals surface area (Å²) >= 11 is 0. The van der Waals surface area contributed by atoms with E-state index in [0.717, 1.165) is 6.54 Å². The molecule has 1 unspecified atom stereocenters. The van der Waals surface area contributed by atoms with E-state index < -0.39 is 0 Å².